The van der Waals surface area contributed by atoms with Gasteiger partial charge in [-0.25, -0.2) is 9.83 Å². The van der Waals surface area contributed by atoms with E-state index < -0.39 is 11.8 Å². The van der Waals surface area contributed by atoms with Gasteiger partial charge in [0, 0.05) is 17.0 Å². The summed E-state index contributed by atoms with van der Waals surface area (Å²) in [5, 5.41) is 10.00. The fourth-order valence-electron chi connectivity index (χ4n) is 3.20. The van der Waals surface area contributed by atoms with E-state index in [-0.39, 0.29) is 12.1 Å². The molecule has 30 heavy (non-hydrogen) atoms. The molecule has 2 aromatic heterocycles. The van der Waals surface area contributed by atoms with Crippen molar-refractivity contribution in [2.45, 2.75) is 13.8 Å². The molecular weight excluding hydrogens is 416 g/mol. The second-order valence-corrected chi connectivity index (χ2v) is 8.61. The van der Waals surface area contributed by atoms with E-state index in [9.17, 15) is 14.9 Å². The van der Waals surface area contributed by atoms with Crippen molar-refractivity contribution in [2.75, 3.05) is 6.54 Å². The highest BCUT2D eigenvalue weighted by molar-refractivity contribution is 7.29. The molecule has 1 aliphatic rings. The first-order valence-corrected chi connectivity index (χ1v) is 10.7. The third-order valence-electron chi connectivity index (χ3n) is 4.80. The molecule has 0 bridgehead atoms. The summed E-state index contributed by atoms with van der Waals surface area (Å²) in [4.78, 5) is 36.0. The zero-order chi connectivity index (χ0) is 21.4. The Morgan fingerprint density at radius 2 is 1.97 bits per heavy atom. The number of hydrogen-bond acceptors (Lipinski definition) is 6. The van der Waals surface area contributed by atoms with Gasteiger partial charge in [0.25, 0.3) is 11.8 Å². The summed E-state index contributed by atoms with van der Waals surface area (Å²) in [6, 6.07) is 11.4. The smallest absolute Gasteiger partial charge is 0.271 e. The fraction of sp³-hybridized carbons (Fsp3) is 0.136. The molecule has 4 rings (SSSR count). The number of likely N-dealkylation sites (N-methyl/N-ethyl adjacent to an activating group) is 1. The van der Waals surface area contributed by atoms with Crippen LogP contribution in [0.25, 0.3) is 30.9 Å². The number of hydrogen-bond donors (Lipinski definition) is 0. The van der Waals surface area contributed by atoms with E-state index in [0.717, 1.165) is 24.9 Å². The monoisotopic (exact) mass is 430 g/mol. The van der Waals surface area contributed by atoms with Crippen molar-refractivity contribution in [3.05, 3.63) is 63.5 Å². The number of nitriles is 1. The van der Waals surface area contributed by atoms with Crippen LogP contribution in [0, 0.1) is 17.9 Å². The van der Waals surface area contributed by atoms with Crippen LogP contribution in [0.3, 0.4) is 0 Å². The van der Waals surface area contributed by atoms with Gasteiger partial charge in [0.15, 0.2) is 5.69 Å². The normalized spacial score (nSPS) is 15.7. The number of fused-ring (bicyclic) bond motifs is 1. The quantitative estimate of drug-likeness (QED) is 0.325. The minimum atomic E-state index is -0.548. The molecule has 0 atom stereocenters. The van der Waals surface area contributed by atoms with Crippen LogP contribution in [-0.4, -0.2) is 28.2 Å². The van der Waals surface area contributed by atoms with Crippen LogP contribution in [0.15, 0.2) is 47.1 Å². The molecule has 0 aliphatic carbocycles. The SMILES string of the molecule is [C-]#[N+]c1ccc(-c2cc3sc(/C=C4\C(=O)N(CC)C(=O)C(C#N)=C4C)nc3s2)cc1. The molecular formula is C22H14N4O2S2. The second kappa shape index (κ2) is 7.68. The second-order valence-electron chi connectivity index (χ2n) is 6.52. The summed E-state index contributed by atoms with van der Waals surface area (Å²) in [6.07, 6.45) is 1.66. The molecule has 0 saturated carbocycles. The number of benzene rings is 1. The van der Waals surface area contributed by atoms with Crippen LogP contribution in [0.4, 0.5) is 5.69 Å². The third-order valence-corrected chi connectivity index (χ3v) is 6.95. The lowest BCUT2D eigenvalue weighted by Crippen LogP contribution is -2.42. The Bertz CT molecular complexity index is 1310. The Kier molecular flexibility index (Phi) is 5.04. The van der Waals surface area contributed by atoms with Crippen LogP contribution >= 0.6 is 22.7 Å². The topological polar surface area (TPSA) is 78.4 Å². The lowest BCUT2D eigenvalue weighted by atomic mass is 9.95. The minimum Gasteiger partial charge on any atom is -0.274 e. The van der Waals surface area contributed by atoms with Crippen molar-refractivity contribution in [3.63, 3.8) is 0 Å². The maximum absolute atomic E-state index is 12.7. The summed E-state index contributed by atoms with van der Waals surface area (Å²) >= 11 is 2.99. The Labute approximate surface area is 180 Å². The zero-order valence-corrected chi connectivity index (χ0v) is 17.7. The zero-order valence-electron chi connectivity index (χ0n) is 16.1. The first kappa shape index (κ1) is 19.7. The van der Waals surface area contributed by atoms with Gasteiger partial charge in [0.2, 0.25) is 0 Å². The Morgan fingerprint density at radius 3 is 2.57 bits per heavy atom. The van der Waals surface area contributed by atoms with Gasteiger partial charge in [-0.05, 0) is 37.1 Å². The molecule has 6 nitrogen and oxygen atoms in total. The predicted molar refractivity (Wildman–Crippen MR) is 118 cm³/mol. The number of carbonyl (C=O) groups is 2. The van der Waals surface area contributed by atoms with Crippen molar-refractivity contribution in [1.82, 2.24) is 9.88 Å². The number of carbonyl (C=O) groups excluding carboxylic acids is 2. The summed E-state index contributed by atoms with van der Waals surface area (Å²) in [6.45, 7) is 10.6. The van der Waals surface area contributed by atoms with E-state index in [4.69, 9.17) is 6.57 Å². The van der Waals surface area contributed by atoms with Crippen LogP contribution in [0.5, 0.6) is 0 Å². The van der Waals surface area contributed by atoms with E-state index in [1.54, 1.807) is 32.1 Å². The van der Waals surface area contributed by atoms with E-state index in [1.165, 1.54) is 22.7 Å². The molecule has 0 unspecified atom stereocenters. The number of imide groups is 1. The van der Waals surface area contributed by atoms with E-state index in [2.05, 4.69) is 9.83 Å². The largest absolute Gasteiger partial charge is 0.274 e. The van der Waals surface area contributed by atoms with Crippen LogP contribution in [-0.2, 0) is 9.59 Å². The standard InChI is InChI=1S/C22H14N4O2S2/c1-4-26-21(27)15(12(2)16(11-23)22(26)28)9-19-25-20-18(29-19)10-17(30-20)13-5-7-14(24-3)8-6-13/h5-10H,4H2,1-2H3/b15-9-. The molecule has 0 spiro atoms. The summed E-state index contributed by atoms with van der Waals surface area (Å²) in [7, 11) is 0. The molecule has 1 aromatic carbocycles. The molecule has 8 heteroatoms. The highest BCUT2D eigenvalue weighted by Crippen LogP contribution is 2.38. The first-order chi connectivity index (χ1) is 14.5. The number of aromatic nitrogens is 1. The molecule has 0 saturated heterocycles. The predicted octanol–water partition coefficient (Wildman–Crippen LogP) is 5.19. The van der Waals surface area contributed by atoms with Gasteiger partial charge >= 0.3 is 0 Å². The van der Waals surface area contributed by atoms with Gasteiger partial charge in [-0.15, -0.1) is 22.7 Å². The van der Waals surface area contributed by atoms with Gasteiger partial charge in [0.1, 0.15) is 21.5 Å². The van der Waals surface area contributed by atoms with Crippen molar-refractivity contribution in [3.8, 4) is 16.5 Å². The van der Waals surface area contributed by atoms with Gasteiger partial charge < -0.3 is 0 Å². The van der Waals surface area contributed by atoms with Gasteiger partial charge in [-0.3, -0.25) is 14.5 Å². The average molecular weight is 431 g/mol. The van der Waals surface area contributed by atoms with Crippen LogP contribution in [0.1, 0.15) is 18.9 Å². The van der Waals surface area contributed by atoms with Crippen molar-refractivity contribution >= 4 is 55.8 Å². The maximum Gasteiger partial charge on any atom is 0.271 e. The molecule has 0 fully saturated rings. The summed E-state index contributed by atoms with van der Waals surface area (Å²) in [5.74, 6) is -0.952. The third kappa shape index (κ3) is 3.22. The Balaban J connectivity index is 1.72. The molecule has 2 amide bonds. The van der Waals surface area contributed by atoms with Crippen LogP contribution < -0.4 is 0 Å². The highest BCUT2D eigenvalue weighted by atomic mass is 32.1. The molecule has 3 aromatic rings. The van der Waals surface area contributed by atoms with Crippen LogP contribution in [0.2, 0.25) is 0 Å². The van der Waals surface area contributed by atoms with Gasteiger partial charge in [0.05, 0.1) is 11.3 Å². The number of amides is 2. The summed E-state index contributed by atoms with van der Waals surface area (Å²) in [5.41, 5.74) is 2.32. The summed E-state index contributed by atoms with van der Waals surface area (Å²) < 4.78 is 0.991. The molecule has 1 aliphatic heterocycles. The Hall–Kier alpha value is -3.59. The lowest BCUT2D eigenvalue weighted by molar-refractivity contribution is -0.140. The number of thiazole rings is 1. The first-order valence-electron chi connectivity index (χ1n) is 9.04. The Morgan fingerprint density at radius 1 is 1.23 bits per heavy atom. The number of nitrogens with zero attached hydrogens (tertiary/aromatic N) is 4. The van der Waals surface area contributed by atoms with Crippen molar-refractivity contribution in [2.24, 2.45) is 0 Å². The number of rotatable bonds is 3. The van der Waals surface area contributed by atoms with Gasteiger partial charge in [-0.1, -0.05) is 24.3 Å². The average Bonchev–Trinajstić information content (AvgIpc) is 3.31. The molecule has 0 N–H and O–H groups in total. The van der Waals surface area contributed by atoms with Crippen molar-refractivity contribution < 1.29 is 9.59 Å². The minimum absolute atomic E-state index is 0.00813. The van der Waals surface area contributed by atoms with Crippen molar-refractivity contribution in [1.29, 1.82) is 5.26 Å². The maximum atomic E-state index is 12.7. The van der Waals surface area contributed by atoms with Gasteiger partial charge in [-0.2, -0.15) is 5.26 Å². The molecule has 3 heterocycles. The van der Waals surface area contributed by atoms with E-state index >= 15 is 0 Å². The lowest BCUT2D eigenvalue weighted by Gasteiger charge is -2.25. The molecule has 146 valence electrons. The van der Waals surface area contributed by atoms with E-state index in [1.807, 2.05) is 24.3 Å². The highest BCUT2D eigenvalue weighted by Gasteiger charge is 2.34. The van der Waals surface area contributed by atoms with E-state index in [0.29, 0.717) is 21.8 Å². The fourth-order valence-corrected chi connectivity index (χ4v) is 5.37. The molecule has 0 radical (unpaired) electrons. The number of thiophene rings is 1.